The highest BCUT2D eigenvalue weighted by atomic mass is 16.4. The number of allylic oxidation sites excluding steroid dienone is 3. The van der Waals surface area contributed by atoms with E-state index in [1.54, 1.807) is 6.08 Å². The number of hydrogen-bond donors (Lipinski definition) is 1. The molecule has 0 rings (SSSR count). The molecule has 0 fully saturated rings. The van der Waals surface area contributed by atoms with Gasteiger partial charge in [-0.05, 0) is 13.8 Å². The normalized spacial score (nSPS) is 11.2. The molecule has 0 radical (unpaired) electrons. The first-order valence-corrected chi connectivity index (χ1v) is 2.70. The minimum absolute atomic E-state index is 0. The van der Waals surface area contributed by atoms with Crippen LogP contribution in [0.15, 0.2) is 23.8 Å². The van der Waals surface area contributed by atoms with E-state index in [9.17, 15) is 4.79 Å². The lowest BCUT2D eigenvalue weighted by Gasteiger charge is -1.83. The summed E-state index contributed by atoms with van der Waals surface area (Å²) in [6.45, 7) is 3.71. The average molecular weight is 142 g/mol. The molecule has 0 saturated carbocycles. The second-order valence-corrected chi connectivity index (χ2v) is 1.70. The molecule has 0 aliphatic carbocycles. The van der Waals surface area contributed by atoms with Gasteiger partial charge in [0.1, 0.15) is 0 Å². The quantitative estimate of drug-likeness (QED) is 0.474. The number of aliphatic carboxylic acids is 1. The smallest absolute Gasteiger partial charge is 0.328 e. The van der Waals surface area contributed by atoms with Crippen molar-refractivity contribution in [2.24, 2.45) is 0 Å². The second kappa shape index (κ2) is 6.08. The van der Waals surface area contributed by atoms with E-state index in [4.69, 9.17) is 5.11 Å². The van der Waals surface area contributed by atoms with Crippen molar-refractivity contribution in [2.45, 2.75) is 21.3 Å². The minimum Gasteiger partial charge on any atom is -0.478 e. The standard InChI is InChI=1S/C7H10O2.CH4/c1-3-6(2)4-5-7(8)9;/h3-5H,1-2H3,(H,8,9);1H4/b5-4+,6-3+;. The summed E-state index contributed by atoms with van der Waals surface area (Å²) < 4.78 is 0. The van der Waals surface area contributed by atoms with Crippen LogP contribution in [-0.4, -0.2) is 11.1 Å². The molecule has 0 bridgehead atoms. The highest BCUT2D eigenvalue weighted by Crippen LogP contribution is 1.92. The number of hydrogen-bond acceptors (Lipinski definition) is 1. The van der Waals surface area contributed by atoms with Crippen LogP contribution >= 0.6 is 0 Å². The van der Waals surface area contributed by atoms with Crippen molar-refractivity contribution in [1.82, 2.24) is 0 Å². The molecule has 0 aromatic rings. The molecule has 0 aliphatic heterocycles. The highest BCUT2D eigenvalue weighted by Gasteiger charge is 1.83. The molecule has 0 spiro atoms. The van der Waals surface area contributed by atoms with Crippen molar-refractivity contribution in [3.8, 4) is 0 Å². The van der Waals surface area contributed by atoms with Gasteiger partial charge in [0.05, 0.1) is 0 Å². The van der Waals surface area contributed by atoms with Crippen LogP contribution in [0.3, 0.4) is 0 Å². The molecule has 58 valence electrons. The van der Waals surface area contributed by atoms with Gasteiger partial charge >= 0.3 is 5.97 Å². The van der Waals surface area contributed by atoms with Gasteiger partial charge in [0.15, 0.2) is 0 Å². The van der Waals surface area contributed by atoms with Crippen molar-refractivity contribution < 1.29 is 9.90 Å². The van der Waals surface area contributed by atoms with E-state index in [1.165, 1.54) is 0 Å². The summed E-state index contributed by atoms with van der Waals surface area (Å²) in [5, 5.41) is 8.14. The first kappa shape index (κ1) is 11.7. The molecular weight excluding hydrogens is 128 g/mol. The van der Waals surface area contributed by atoms with Crippen LogP contribution in [0.4, 0.5) is 0 Å². The largest absolute Gasteiger partial charge is 0.478 e. The van der Waals surface area contributed by atoms with E-state index in [2.05, 4.69) is 0 Å². The fraction of sp³-hybridized carbons (Fsp3) is 0.375. The summed E-state index contributed by atoms with van der Waals surface area (Å²) in [5.74, 6) is -0.906. The van der Waals surface area contributed by atoms with Gasteiger partial charge < -0.3 is 5.11 Å². The van der Waals surface area contributed by atoms with Crippen molar-refractivity contribution in [1.29, 1.82) is 0 Å². The summed E-state index contributed by atoms with van der Waals surface area (Å²) in [7, 11) is 0. The first-order chi connectivity index (χ1) is 4.16. The summed E-state index contributed by atoms with van der Waals surface area (Å²) in [4.78, 5) is 9.91. The number of carbonyl (C=O) groups is 1. The number of carboxylic acid groups (broad SMARTS) is 1. The Morgan fingerprint density at radius 2 is 1.90 bits per heavy atom. The third kappa shape index (κ3) is 6.95. The highest BCUT2D eigenvalue weighted by molar-refractivity contribution is 5.80. The van der Waals surface area contributed by atoms with Gasteiger partial charge in [0.2, 0.25) is 0 Å². The first-order valence-electron chi connectivity index (χ1n) is 2.70. The zero-order valence-electron chi connectivity index (χ0n) is 5.59. The lowest BCUT2D eigenvalue weighted by Crippen LogP contribution is -1.85. The third-order valence-corrected chi connectivity index (χ3v) is 0.944. The Kier molecular flexibility index (Phi) is 7.12. The molecule has 0 unspecified atom stereocenters. The molecule has 1 N–H and O–H groups in total. The van der Waals surface area contributed by atoms with Crippen LogP contribution in [0.1, 0.15) is 21.3 Å². The van der Waals surface area contributed by atoms with Crippen LogP contribution in [0.5, 0.6) is 0 Å². The summed E-state index contributed by atoms with van der Waals surface area (Å²) in [5.41, 5.74) is 0.956. The van der Waals surface area contributed by atoms with Crippen molar-refractivity contribution >= 4 is 5.97 Å². The van der Waals surface area contributed by atoms with Crippen LogP contribution in [0.25, 0.3) is 0 Å². The summed E-state index contributed by atoms with van der Waals surface area (Å²) in [6.07, 6.45) is 4.52. The Morgan fingerprint density at radius 3 is 2.20 bits per heavy atom. The zero-order chi connectivity index (χ0) is 7.28. The minimum atomic E-state index is -0.906. The molecule has 0 aromatic heterocycles. The van der Waals surface area contributed by atoms with Gasteiger partial charge in [-0.3, -0.25) is 0 Å². The molecule has 0 aliphatic rings. The average Bonchev–Trinajstić information content (AvgIpc) is 1.83. The maximum absolute atomic E-state index is 9.91. The van der Waals surface area contributed by atoms with Crippen molar-refractivity contribution in [3.63, 3.8) is 0 Å². The van der Waals surface area contributed by atoms with Crippen molar-refractivity contribution in [2.75, 3.05) is 0 Å². The Bertz CT molecular complexity index is 155. The molecular formula is C8H14O2. The van der Waals surface area contributed by atoms with Gasteiger partial charge in [-0.15, -0.1) is 0 Å². The Morgan fingerprint density at radius 1 is 1.40 bits per heavy atom. The van der Waals surface area contributed by atoms with E-state index in [1.807, 2.05) is 19.9 Å². The van der Waals surface area contributed by atoms with Gasteiger partial charge in [-0.2, -0.15) is 0 Å². The molecule has 10 heavy (non-hydrogen) atoms. The second-order valence-electron chi connectivity index (χ2n) is 1.70. The molecule has 2 nitrogen and oxygen atoms in total. The van der Waals surface area contributed by atoms with E-state index in [-0.39, 0.29) is 7.43 Å². The topological polar surface area (TPSA) is 37.3 Å². The van der Waals surface area contributed by atoms with Crippen LogP contribution in [-0.2, 0) is 4.79 Å². The lowest BCUT2D eigenvalue weighted by atomic mass is 10.3. The summed E-state index contributed by atoms with van der Waals surface area (Å²) >= 11 is 0. The Balaban J connectivity index is 0. The molecule has 0 atom stereocenters. The molecule has 0 heterocycles. The van der Waals surface area contributed by atoms with Gasteiger partial charge in [-0.1, -0.05) is 25.2 Å². The number of carboxylic acids is 1. The Labute approximate surface area is 61.9 Å². The van der Waals surface area contributed by atoms with Crippen LogP contribution in [0.2, 0.25) is 0 Å². The van der Waals surface area contributed by atoms with Crippen LogP contribution < -0.4 is 0 Å². The van der Waals surface area contributed by atoms with E-state index < -0.39 is 5.97 Å². The van der Waals surface area contributed by atoms with E-state index in [0.717, 1.165) is 11.6 Å². The molecule has 0 aromatic carbocycles. The Hall–Kier alpha value is -1.05. The predicted octanol–water partition coefficient (Wildman–Crippen LogP) is 2.23. The summed E-state index contributed by atoms with van der Waals surface area (Å²) in [6, 6.07) is 0. The maximum atomic E-state index is 9.91. The maximum Gasteiger partial charge on any atom is 0.328 e. The van der Waals surface area contributed by atoms with Crippen molar-refractivity contribution in [3.05, 3.63) is 23.8 Å². The van der Waals surface area contributed by atoms with Gasteiger partial charge in [0, 0.05) is 6.08 Å². The SMILES string of the molecule is C.C/C=C(C)/C=C/C(=O)O. The fourth-order valence-electron chi connectivity index (χ4n) is 0.299. The fourth-order valence-corrected chi connectivity index (χ4v) is 0.299. The molecule has 2 heteroatoms. The van der Waals surface area contributed by atoms with E-state index in [0.29, 0.717) is 0 Å². The lowest BCUT2D eigenvalue weighted by molar-refractivity contribution is -0.131. The van der Waals surface area contributed by atoms with Gasteiger partial charge in [0.25, 0.3) is 0 Å². The monoisotopic (exact) mass is 142 g/mol. The van der Waals surface area contributed by atoms with Gasteiger partial charge in [-0.25, -0.2) is 4.79 Å². The zero-order valence-corrected chi connectivity index (χ0v) is 5.59. The number of rotatable bonds is 2. The van der Waals surface area contributed by atoms with E-state index >= 15 is 0 Å². The molecule has 0 amide bonds. The van der Waals surface area contributed by atoms with Crippen LogP contribution in [0, 0.1) is 0 Å². The predicted molar refractivity (Wildman–Crippen MR) is 42.9 cm³/mol. The third-order valence-electron chi connectivity index (χ3n) is 0.944. The molecule has 0 saturated heterocycles.